The first kappa shape index (κ1) is 23.2. The quantitative estimate of drug-likeness (QED) is 0.466. The summed E-state index contributed by atoms with van der Waals surface area (Å²) in [7, 11) is 2.64. The van der Waals surface area contributed by atoms with Gasteiger partial charge in [0.25, 0.3) is 0 Å². The van der Waals surface area contributed by atoms with E-state index in [1.54, 1.807) is 26.0 Å². The predicted molar refractivity (Wildman–Crippen MR) is 128 cm³/mol. The maximum atomic E-state index is 12.8. The molecule has 1 atom stereocenters. The first-order valence-corrected chi connectivity index (χ1v) is 11.1. The molecule has 9 nitrogen and oxygen atoms in total. The fraction of sp³-hybridized carbons (Fsp3) is 0.222. The summed E-state index contributed by atoms with van der Waals surface area (Å²) < 4.78 is 15.8. The third-order valence-corrected chi connectivity index (χ3v) is 6.60. The molecule has 1 aliphatic carbocycles. The number of benzene rings is 3. The van der Waals surface area contributed by atoms with Crippen molar-refractivity contribution in [1.29, 1.82) is 0 Å². The van der Waals surface area contributed by atoms with Gasteiger partial charge in [-0.05, 0) is 48.6 Å². The fourth-order valence-corrected chi connectivity index (χ4v) is 5.03. The number of methoxy groups -OCH3 is 2. The minimum atomic E-state index is -0.711. The van der Waals surface area contributed by atoms with Gasteiger partial charge in [0.1, 0.15) is 34.7 Å². The summed E-state index contributed by atoms with van der Waals surface area (Å²) in [5.41, 5.74) is 0.614. The summed E-state index contributed by atoms with van der Waals surface area (Å²) in [6.45, 7) is 3.33. The van der Waals surface area contributed by atoms with E-state index in [1.165, 1.54) is 20.3 Å². The van der Waals surface area contributed by atoms with Gasteiger partial charge in [-0.15, -0.1) is 0 Å². The molecule has 0 bridgehead atoms. The smallest absolute Gasteiger partial charge is 0.342 e. The lowest BCUT2D eigenvalue weighted by Gasteiger charge is -2.25. The second-order valence-corrected chi connectivity index (χ2v) is 8.83. The van der Waals surface area contributed by atoms with Gasteiger partial charge in [0.15, 0.2) is 11.5 Å². The number of carbonyl (C=O) groups is 3. The number of allylic oxidation sites excluding steroid dienone is 2. The van der Waals surface area contributed by atoms with E-state index in [9.17, 15) is 29.7 Å². The van der Waals surface area contributed by atoms with Crippen LogP contribution in [-0.2, 0) is 15.9 Å². The van der Waals surface area contributed by atoms with E-state index in [0.29, 0.717) is 22.9 Å². The number of aryl methyl sites for hydroxylation is 1. The molecule has 0 radical (unpaired) electrons. The Morgan fingerprint density at radius 1 is 0.889 bits per heavy atom. The highest BCUT2D eigenvalue weighted by Gasteiger charge is 2.35. The number of hydrogen-bond donors (Lipinski definition) is 3. The zero-order valence-corrected chi connectivity index (χ0v) is 19.9. The van der Waals surface area contributed by atoms with Gasteiger partial charge in [-0.3, -0.25) is 9.59 Å². The molecule has 0 spiro atoms. The van der Waals surface area contributed by atoms with E-state index in [4.69, 9.17) is 14.2 Å². The van der Waals surface area contributed by atoms with Crippen LogP contribution < -0.4 is 4.74 Å². The van der Waals surface area contributed by atoms with Crippen molar-refractivity contribution in [2.75, 3.05) is 14.2 Å². The van der Waals surface area contributed by atoms with Crippen molar-refractivity contribution in [2.24, 2.45) is 0 Å². The van der Waals surface area contributed by atoms with Gasteiger partial charge < -0.3 is 29.5 Å². The molecule has 9 heteroatoms. The van der Waals surface area contributed by atoms with Crippen LogP contribution in [0.25, 0.3) is 21.9 Å². The number of ketones is 2. The summed E-state index contributed by atoms with van der Waals surface area (Å²) in [4.78, 5) is 38.1. The maximum absolute atomic E-state index is 12.8. The number of Topliss-reactive ketones (excluding diaryl/α,β-unsaturated/α-hetero) is 1. The van der Waals surface area contributed by atoms with Crippen molar-refractivity contribution in [3.05, 3.63) is 57.9 Å². The number of hydrogen-bond acceptors (Lipinski definition) is 9. The topological polar surface area (TPSA) is 140 Å². The summed E-state index contributed by atoms with van der Waals surface area (Å²) in [6, 6.07) is 4.65. The highest BCUT2D eigenvalue weighted by atomic mass is 16.5. The summed E-state index contributed by atoms with van der Waals surface area (Å²) in [5, 5.41) is 34.0. The summed E-state index contributed by atoms with van der Waals surface area (Å²) >= 11 is 0. The lowest BCUT2D eigenvalue weighted by molar-refractivity contribution is 0.0297. The van der Waals surface area contributed by atoms with Crippen LogP contribution in [0, 0.1) is 6.92 Å². The van der Waals surface area contributed by atoms with E-state index in [1.807, 2.05) is 0 Å². The molecular weight excluding hydrogens is 468 g/mol. The van der Waals surface area contributed by atoms with Crippen LogP contribution in [0.1, 0.15) is 49.1 Å². The monoisotopic (exact) mass is 490 g/mol. The molecule has 0 saturated heterocycles. The number of carbonyl (C=O) groups excluding carboxylic acids is 3. The number of fused-ring (bicyclic) bond motifs is 3. The van der Waals surface area contributed by atoms with E-state index >= 15 is 0 Å². The van der Waals surface area contributed by atoms with Crippen LogP contribution in [0.3, 0.4) is 0 Å². The van der Waals surface area contributed by atoms with Crippen molar-refractivity contribution >= 4 is 28.3 Å². The lowest BCUT2D eigenvalue weighted by Crippen LogP contribution is -2.25. The highest BCUT2D eigenvalue weighted by molar-refractivity contribution is 6.26. The molecular formula is C27H22O9. The molecule has 3 N–H and O–H groups in total. The largest absolute Gasteiger partial charge is 0.506 e. The molecule has 184 valence electrons. The van der Waals surface area contributed by atoms with Gasteiger partial charge >= 0.3 is 5.97 Å². The number of aromatic hydroxyl groups is 3. The molecule has 1 aliphatic heterocycles. The Bertz CT molecular complexity index is 1560. The normalized spacial score (nSPS) is 16.8. The van der Waals surface area contributed by atoms with Gasteiger partial charge in [-0.2, -0.15) is 0 Å². The number of phenolic OH excluding ortho intramolecular Hbond substituents is 3. The Morgan fingerprint density at radius 2 is 1.58 bits per heavy atom. The number of ether oxygens (including phenoxy) is 3. The van der Waals surface area contributed by atoms with E-state index in [2.05, 4.69) is 0 Å². The van der Waals surface area contributed by atoms with Crippen LogP contribution in [0.2, 0.25) is 0 Å². The van der Waals surface area contributed by atoms with Gasteiger partial charge in [0.05, 0.1) is 30.7 Å². The molecule has 3 aromatic rings. The van der Waals surface area contributed by atoms with Crippen molar-refractivity contribution in [2.45, 2.75) is 26.4 Å². The second-order valence-electron chi connectivity index (χ2n) is 8.83. The molecule has 3 aromatic carbocycles. The van der Waals surface area contributed by atoms with Crippen molar-refractivity contribution in [3.63, 3.8) is 0 Å². The Morgan fingerprint density at radius 3 is 2.25 bits per heavy atom. The van der Waals surface area contributed by atoms with Crippen molar-refractivity contribution < 1.29 is 43.9 Å². The highest BCUT2D eigenvalue weighted by Crippen LogP contribution is 2.52. The van der Waals surface area contributed by atoms with Crippen LogP contribution >= 0.6 is 0 Å². The number of phenols is 3. The van der Waals surface area contributed by atoms with E-state index in [0.717, 1.165) is 6.08 Å². The summed E-state index contributed by atoms with van der Waals surface area (Å²) in [6.07, 6.45) is 0.999. The minimum Gasteiger partial charge on any atom is -0.506 e. The minimum absolute atomic E-state index is 0.0163. The van der Waals surface area contributed by atoms with Gasteiger partial charge in [0, 0.05) is 23.6 Å². The Labute approximate surface area is 205 Å². The lowest BCUT2D eigenvalue weighted by atomic mass is 9.84. The van der Waals surface area contributed by atoms with E-state index in [-0.39, 0.29) is 50.8 Å². The average Bonchev–Trinajstić information content (AvgIpc) is 2.81. The number of rotatable bonds is 3. The average molecular weight is 490 g/mol. The van der Waals surface area contributed by atoms with Crippen LogP contribution in [0.15, 0.2) is 30.0 Å². The first-order valence-electron chi connectivity index (χ1n) is 11.1. The summed E-state index contributed by atoms with van der Waals surface area (Å²) in [5.74, 6) is -3.40. The fourth-order valence-electron chi connectivity index (χ4n) is 5.03. The zero-order chi connectivity index (χ0) is 26.0. The molecule has 5 rings (SSSR count). The zero-order valence-electron chi connectivity index (χ0n) is 19.9. The number of cyclic esters (lactones) is 1. The Hall–Kier alpha value is -4.53. The van der Waals surface area contributed by atoms with Gasteiger partial charge in [0.2, 0.25) is 5.78 Å². The molecule has 0 saturated carbocycles. The Kier molecular flexibility index (Phi) is 5.17. The number of esters is 1. The Balaban J connectivity index is 1.84. The van der Waals surface area contributed by atoms with E-state index < -0.39 is 34.8 Å². The predicted octanol–water partition coefficient (Wildman–Crippen LogP) is 3.95. The van der Waals surface area contributed by atoms with Crippen molar-refractivity contribution in [1.82, 2.24) is 0 Å². The van der Waals surface area contributed by atoms with Gasteiger partial charge in [-0.1, -0.05) is 0 Å². The third kappa shape index (κ3) is 3.12. The SMILES string of the molecule is COC1=CC(=O)c2c(cc(C)c(-c3c(OC)cc4cc5c(c(O)c4c3O)C(=O)O[C@H](C)C5)c2O)C1=O. The maximum Gasteiger partial charge on any atom is 0.342 e. The van der Waals surface area contributed by atoms with Crippen LogP contribution in [0.4, 0.5) is 0 Å². The van der Waals surface area contributed by atoms with Crippen LogP contribution in [0.5, 0.6) is 23.0 Å². The molecule has 0 aromatic heterocycles. The molecule has 36 heavy (non-hydrogen) atoms. The second kappa shape index (κ2) is 8.01. The standard InChI is InChI=1S/C27H22O9/c1-10-5-14-21(15(28)9-17(35-4)23(14)29)24(30)18(10)22-16(34-3)8-13-7-12-6-11(2)36-27(33)20(12)25(31)19(13)26(22)32/h5,7-9,11,30-32H,6H2,1-4H3/t11-/m1/s1. The van der Waals surface area contributed by atoms with Crippen molar-refractivity contribution in [3.8, 4) is 34.1 Å². The third-order valence-electron chi connectivity index (χ3n) is 6.60. The molecule has 1 heterocycles. The van der Waals surface area contributed by atoms with Gasteiger partial charge in [-0.25, -0.2) is 4.79 Å². The molecule has 0 fully saturated rings. The molecule has 0 unspecified atom stereocenters. The van der Waals surface area contributed by atoms with Crippen LogP contribution in [-0.4, -0.2) is 53.2 Å². The molecule has 2 aliphatic rings. The molecule has 0 amide bonds. The first-order chi connectivity index (χ1) is 17.1.